The van der Waals surface area contributed by atoms with Crippen molar-refractivity contribution in [1.82, 2.24) is 0 Å². The highest BCUT2D eigenvalue weighted by molar-refractivity contribution is 5.93. The second-order valence-electron chi connectivity index (χ2n) is 13.4. The van der Waals surface area contributed by atoms with E-state index in [2.05, 4.69) is 214 Å². The molecule has 0 aliphatic heterocycles. The Kier molecular flexibility index (Phi) is 10.7. The van der Waals surface area contributed by atoms with E-state index in [-0.39, 0.29) is 0 Å². The molecule has 1 N–H and O–H groups in total. The Morgan fingerprint density at radius 2 is 0.923 bits per heavy atom. The Balaban J connectivity index is 1.13. The van der Waals surface area contributed by atoms with E-state index in [1.165, 1.54) is 72.5 Å². The van der Waals surface area contributed by atoms with Crippen molar-refractivity contribution < 1.29 is 0 Å². The minimum absolute atomic E-state index is 1.00. The molecule has 0 bridgehead atoms. The Morgan fingerprint density at radius 1 is 0.462 bits per heavy atom. The second-order valence-corrected chi connectivity index (χ2v) is 13.4. The molecule has 7 rings (SSSR count). The van der Waals surface area contributed by atoms with Crippen molar-refractivity contribution in [3.05, 3.63) is 226 Å². The molecule has 0 unspecified atom stereocenters. The molecule has 52 heavy (non-hydrogen) atoms. The molecule has 0 aromatic heterocycles. The number of anilines is 2. The van der Waals surface area contributed by atoms with E-state index in [0.29, 0.717) is 0 Å². The van der Waals surface area contributed by atoms with Gasteiger partial charge in [-0.2, -0.15) is 0 Å². The van der Waals surface area contributed by atoms with E-state index in [0.717, 1.165) is 24.1 Å². The average Bonchev–Trinajstić information content (AvgIpc) is 3.21. The molecule has 0 aliphatic rings. The molecule has 0 atom stereocenters. The standard InChI is InChI=1S/C51H45N/c1-4-38-22-33-51(41(5-2)34-38)52-48-31-20-40(21-32-48)36-50(45-14-10-7-11-15-45)47-29-27-43(28-30-47)42-25-18-39(19-26-42)35-49(44-12-8-6-9-13-44)46-23-16-37(3)17-24-46/h6-36,52H,4-5H2,1-3H3. The summed E-state index contributed by atoms with van der Waals surface area (Å²) in [5.74, 6) is 0. The van der Waals surface area contributed by atoms with Crippen molar-refractivity contribution in [1.29, 1.82) is 0 Å². The fraction of sp³-hybridized carbons (Fsp3) is 0.0980. The number of nitrogens with one attached hydrogen (secondary N) is 1. The minimum atomic E-state index is 1.00. The Labute approximate surface area is 309 Å². The lowest BCUT2D eigenvalue weighted by Gasteiger charge is -2.13. The third kappa shape index (κ3) is 8.23. The third-order valence-corrected chi connectivity index (χ3v) is 9.74. The second kappa shape index (κ2) is 16.2. The van der Waals surface area contributed by atoms with Gasteiger partial charge in [-0.3, -0.25) is 0 Å². The van der Waals surface area contributed by atoms with Gasteiger partial charge in [-0.05, 0) is 117 Å². The maximum atomic E-state index is 3.65. The maximum Gasteiger partial charge on any atom is 0.0416 e. The van der Waals surface area contributed by atoms with Crippen LogP contribution in [0.5, 0.6) is 0 Å². The summed E-state index contributed by atoms with van der Waals surface area (Å²) in [6.45, 7) is 6.55. The van der Waals surface area contributed by atoms with Gasteiger partial charge in [-0.1, -0.05) is 177 Å². The number of benzene rings is 7. The molecule has 1 heteroatoms. The van der Waals surface area contributed by atoms with E-state index >= 15 is 0 Å². The quantitative estimate of drug-likeness (QED) is 0.135. The van der Waals surface area contributed by atoms with Crippen LogP contribution >= 0.6 is 0 Å². The Hall–Kier alpha value is -6.18. The van der Waals surface area contributed by atoms with Crippen LogP contribution < -0.4 is 5.32 Å². The predicted octanol–water partition coefficient (Wildman–Crippen LogP) is 13.7. The van der Waals surface area contributed by atoms with Gasteiger partial charge >= 0.3 is 0 Å². The molecule has 0 fully saturated rings. The van der Waals surface area contributed by atoms with Gasteiger partial charge in [0.1, 0.15) is 0 Å². The molecule has 0 amide bonds. The molecule has 0 aliphatic carbocycles. The van der Waals surface area contributed by atoms with Crippen LogP contribution in [0.3, 0.4) is 0 Å². The summed E-state index contributed by atoms with van der Waals surface area (Å²) in [6.07, 6.45) is 6.64. The van der Waals surface area contributed by atoms with Crippen molar-refractivity contribution in [2.75, 3.05) is 5.32 Å². The molecule has 7 aromatic rings. The van der Waals surface area contributed by atoms with Crippen LogP contribution in [0.15, 0.2) is 176 Å². The number of hydrogen-bond acceptors (Lipinski definition) is 1. The van der Waals surface area contributed by atoms with Gasteiger partial charge < -0.3 is 5.32 Å². The minimum Gasteiger partial charge on any atom is -0.355 e. The highest BCUT2D eigenvalue weighted by Gasteiger charge is 2.09. The van der Waals surface area contributed by atoms with Crippen LogP contribution in [-0.4, -0.2) is 0 Å². The first-order valence-electron chi connectivity index (χ1n) is 18.4. The summed E-state index contributed by atoms with van der Waals surface area (Å²) in [7, 11) is 0. The summed E-state index contributed by atoms with van der Waals surface area (Å²) in [5, 5.41) is 3.65. The van der Waals surface area contributed by atoms with Crippen LogP contribution in [0.4, 0.5) is 11.4 Å². The average molecular weight is 672 g/mol. The summed E-state index contributed by atoms with van der Waals surface area (Å²) >= 11 is 0. The molecule has 7 aromatic carbocycles. The molecule has 0 saturated carbocycles. The number of rotatable bonds is 11. The van der Waals surface area contributed by atoms with Crippen molar-refractivity contribution in [3.63, 3.8) is 0 Å². The van der Waals surface area contributed by atoms with Gasteiger partial charge in [0.05, 0.1) is 0 Å². The molecule has 0 heterocycles. The van der Waals surface area contributed by atoms with Crippen molar-refractivity contribution in [2.24, 2.45) is 0 Å². The van der Waals surface area contributed by atoms with Crippen LogP contribution in [0.2, 0.25) is 0 Å². The molecular formula is C51H45N. The maximum absolute atomic E-state index is 3.65. The molecule has 0 saturated heterocycles. The van der Waals surface area contributed by atoms with Crippen molar-refractivity contribution in [2.45, 2.75) is 33.6 Å². The van der Waals surface area contributed by atoms with Gasteiger partial charge in [0.2, 0.25) is 0 Å². The van der Waals surface area contributed by atoms with Crippen molar-refractivity contribution >= 4 is 34.7 Å². The zero-order valence-corrected chi connectivity index (χ0v) is 30.3. The molecule has 1 nitrogen and oxygen atoms in total. The normalized spacial score (nSPS) is 11.8. The Bertz CT molecular complexity index is 2270. The van der Waals surface area contributed by atoms with E-state index in [1.54, 1.807) is 0 Å². The van der Waals surface area contributed by atoms with E-state index in [4.69, 9.17) is 0 Å². The highest BCUT2D eigenvalue weighted by Crippen LogP contribution is 2.31. The van der Waals surface area contributed by atoms with Gasteiger partial charge in [-0.15, -0.1) is 0 Å². The lowest BCUT2D eigenvalue weighted by atomic mass is 9.93. The van der Waals surface area contributed by atoms with Crippen LogP contribution in [0.1, 0.15) is 63.9 Å². The first-order valence-corrected chi connectivity index (χ1v) is 18.4. The molecular weight excluding hydrogens is 627 g/mol. The zero-order valence-electron chi connectivity index (χ0n) is 30.3. The first kappa shape index (κ1) is 34.3. The topological polar surface area (TPSA) is 12.0 Å². The summed E-state index contributed by atoms with van der Waals surface area (Å²) in [6, 6.07) is 63.4. The van der Waals surface area contributed by atoms with E-state index in [1.807, 2.05) is 0 Å². The monoisotopic (exact) mass is 671 g/mol. The van der Waals surface area contributed by atoms with E-state index < -0.39 is 0 Å². The lowest BCUT2D eigenvalue weighted by molar-refractivity contribution is 1.09. The fourth-order valence-corrected chi connectivity index (χ4v) is 6.68. The van der Waals surface area contributed by atoms with Crippen LogP contribution in [0, 0.1) is 6.92 Å². The largest absolute Gasteiger partial charge is 0.355 e. The van der Waals surface area contributed by atoms with Crippen LogP contribution in [-0.2, 0) is 12.8 Å². The predicted molar refractivity (Wildman–Crippen MR) is 225 cm³/mol. The SMILES string of the molecule is CCc1ccc(Nc2ccc(C=C(c3ccccc3)c3ccc(-c4ccc(C=C(c5ccccc5)c5ccc(C)cc5)cc4)cc3)cc2)c(CC)c1. The van der Waals surface area contributed by atoms with Gasteiger partial charge in [0.15, 0.2) is 0 Å². The van der Waals surface area contributed by atoms with E-state index in [9.17, 15) is 0 Å². The first-order chi connectivity index (χ1) is 25.6. The smallest absolute Gasteiger partial charge is 0.0416 e. The fourth-order valence-electron chi connectivity index (χ4n) is 6.68. The number of hydrogen-bond donors (Lipinski definition) is 1. The molecule has 254 valence electrons. The van der Waals surface area contributed by atoms with Crippen LogP contribution in [0.25, 0.3) is 34.4 Å². The third-order valence-electron chi connectivity index (χ3n) is 9.74. The highest BCUT2D eigenvalue weighted by atomic mass is 14.9. The van der Waals surface area contributed by atoms with Crippen molar-refractivity contribution in [3.8, 4) is 11.1 Å². The summed E-state index contributed by atoms with van der Waals surface area (Å²) in [5.41, 5.74) is 18.2. The number of aryl methyl sites for hydroxylation is 3. The zero-order chi connectivity index (χ0) is 35.7. The lowest BCUT2D eigenvalue weighted by Crippen LogP contribution is -1.97. The summed E-state index contributed by atoms with van der Waals surface area (Å²) in [4.78, 5) is 0. The molecule has 0 spiro atoms. The molecule has 0 radical (unpaired) electrons. The van der Waals surface area contributed by atoms with Gasteiger partial charge in [-0.25, -0.2) is 0 Å². The summed E-state index contributed by atoms with van der Waals surface area (Å²) < 4.78 is 0. The van der Waals surface area contributed by atoms with Gasteiger partial charge in [0.25, 0.3) is 0 Å². The Morgan fingerprint density at radius 3 is 1.42 bits per heavy atom. The van der Waals surface area contributed by atoms with Gasteiger partial charge in [0, 0.05) is 11.4 Å².